The number of carbonyl (C=O) groups is 1. The molecule has 1 amide bonds. The Labute approximate surface area is 125 Å². The summed E-state index contributed by atoms with van der Waals surface area (Å²) in [7, 11) is 0. The molecular weight excluding hydrogens is 266 g/mol. The highest BCUT2D eigenvalue weighted by Crippen LogP contribution is 2.32. The number of aromatic nitrogens is 2. The predicted octanol–water partition coefficient (Wildman–Crippen LogP) is 3.36. The second kappa shape index (κ2) is 7.07. The zero-order valence-electron chi connectivity index (χ0n) is 12.6. The molecule has 0 aromatic carbocycles. The van der Waals surface area contributed by atoms with Gasteiger partial charge in [0.05, 0.1) is 12.5 Å². The molecule has 1 aromatic heterocycles. The van der Waals surface area contributed by atoms with Crippen molar-refractivity contribution >= 4 is 11.7 Å². The number of ether oxygens (including phenoxy) is 1. The zero-order valence-corrected chi connectivity index (χ0v) is 12.6. The maximum atomic E-state index is 12.0. The highest BCUT2D eigenvalue weighted by atomic mass is 16.5. The van der Waals surface area contributed by atoms with Crippen molar-refractivity contribution in [3.63, 3.8) is 0 Å². The Bertz CT molecular complexity index is 460. The van der Waals surface area contributed by atoms with Crippen LogP contribution in [0.25, 0.3) is 0 Å². The molecule has 3 rings (SSSR count). The van der Waals surface area contributed by atoms with Gasteiger partial charge in [-0.2, -0.15) is 5.10 Å². The van der Waals surface area contributed by atoms with Gasteiger partial charge in [-0.3, -0.25) is 9.89 Å². The fourth-order valence-corrected chi connectivity index (χ4v) is 3.39. The summed E-state index contributed by atoms with van der Waals surface area (Å²) in [4.78, 5) is 12.0. The maximum absolute atomic E-state index is 12.0. The normalized spacial score (nSPS) is 23.9. The van der Waals surface area contributed by atoms with Gasteiger partial charge in [0.25, 0.3) is 0 Å². The lowest BCUT2D eigenvalue weighted by molar-refractivity contribution is -0.119. The van der Waals surface area contributed by atoms with E-state index in [4.69, 9.17) is 4.74 Å². The van der Waals surface area contributed by atoms with Crippen molar-refractivity contribution in [2.45, 2.75) is 69.8 Å². The second-order valence-electron chi connectivity index (χ2n) is 6.28. The van der Waals surface area contributed by atoms with Crippen LogP contribution in [0.3, 0.4) is 0 Å². The van der Waals surface area contributed by atoms with Gasteiger partial charge in [-0.1, -0.05) is 19.3 Å². The summed E-state index contributed by atoms with van der Waals surface area (Å²) < 4.78 is 5.60. The summed E-state index contributed by atoms with van der Waals surface area (Å²) in [5.41, 5.74) is 1.17. The number of nitrogens with zero attached hydrogens (tertiary/aromatic N) is 1. The van der Waals surface area contributed by atoms with Crippen LogP contribution in [-0.4, -0.2) is 28.8 Å². The number of aromatic amines is 1. The molecule has 0 unspecified atom stereocenters. The second-order valence-corrected chi connectivity index (χ2v) is 6.28. The lowest BCUT2D eigenvalue weighted by Gasteiger charge is -2.21. The third-order valence-corrected chi connectivity index (χ3v) is 4.60. The predicted molar refractivity (Wildman–Crippen MR) is 81.3 cm³/mol. The first-order chi connectivity index (χ1) is 10.3. The summed E-state index contributed by atoms with van der Waals surface area (Å²) >= 11 is 0. The molecule has 2 heterocycles. The van der Waals surface area contributed by atoms with Crippen molar-refractivity contribution in [3.8, 4) is 0 Å². The molecule has 0 spiro atoms. The van der Waals surface area contributed by atoms with Crippen LogP contribution >= 0.6 is 0 Å². The van der Waals surface area contributed by atoms with Gasteiger partial charge in [0, 0.05) is 24.3 Å². The first-order valence-corrected chi connectivity index (χ1v) is 8.28. The third kappa shape index (κ3) is 4.06. The molecule has 0 bridgehead atoms. The highest BCUT2D eigenvalue weighted by Gasteiger charge is 2.20. The zero-order chi connectivity index (χ0) is 14.5. The Morgan fingerprint density at radius 2 is 2.05 bits per heavy atom. The lowest BCUT2D eigenvalue weighted by Crippen LogP contribution is -2.25. The number of anilines is 1. The van der Waals surface area contributed by atoms with Crippen molar-refractivity contribution in [2.24, 2.45) is 0 Å². The van der Waals surface area contributed by atoms with Gasteiger partial charge in [-0.15, -0.1) is 0 Å². The monoisotopic (exact) mass is 291 g/mol. The fourth-order valence-electron chi connectivity index (χ4n) is 3.39. The topological polar surface area (TPSA) is 67.0 Å². The molecule has 1 saturated carbocycles. The number of H-pyrrole nitrogens is 1. The standard InChI is InChI=1S/C16H25N3O2/c20-16(10-13-8-4-5-9-21-13)17-15-11-14(18-19-15)12-6-2-1-3-7-12/h11-13H,1-10H2,(H2,17,18,19,20)/t13-/m0/s1. The first-order valence-electron chi connectivity index (χ1n) is 8.28. The van der Waals surface area contributed by atoms with E-state index in [2.05, 4.69) is 15.5 Å². The van der Waals surface area contributed by atoms with Crippen LogP contribution in [0.4, 0.5) is 5.82 Å². The Morgan fingerprint density at radius 3 is 2.81 bits per heavy atom. The average Bonchev–Trinajstić information content (AvgIpc) is 2.97. The van der Waals surface area contributed by atoms with Gasteiger partial charge in [0.15, 0.2) is 5.82 Å². The molecule has 1 saturated heterocycles. The highest BCUT2D eigenvalue weighted by molar-refractivity contribution is 5.90. The Balaban J connectivity index is 1.50. The van der Waals surface area contributed by atoms with Gasteiger partial charge in [0.2, 0.25) is 5.91 Å². The number of hydrogen-bond donors (Lipinski definition) is 2. The number of nitrogens with one attached hydrogen (secondary N) is 2. The summed E-state index contributed by atoms with van der Waals surface area (Å²) in [6, 6.07) is 2.00. The lowest BCUT2D eigenvalue weighted by atomic mass is 9.87. The van der Waals surface area contributed by atoms with E-state index in [1.54, 1.807) is 0 Å². The van der Waals surface area contributed by atoms with Crippen LogP contribution in [0.5, 0.6) is 0 Å². The van der Waals surface area contributed by atoms with E-state index in [-0.39, 0.29) is 12.0 Å². The fraction of sp³-hybridized carbons (Fsp3) is 0.750. The molecular formula is C16H25N3O2. The van der Waals surface area contributed by atoms with Crippen molar-refractivity contribution in [2.75, 3.05) is 11.9 Å². The SMILES string of the molecule is O=C(C[C@@H]1CCCCO1)Nc1cc(C2CCCCC2)[nH]n1. The number of amides is 1. The molecule has 1 atom stereocenters. The largest absolute Gasteiger partial charge is 0.378 e. The molecule has 5 nitrogen and oxygen atoms in total. The maximum Gasteiger partial charge on any atom is 0.228 e. The summed E-state index contributed by atoms with van der Waals surface area (Å²) in [6.45, 7) is 0.784. The Kier molecular flexibility index (Phi) is 4.91. The van der Waals surface area contributed by atoms with E-state index in [0.717, 1.165) is 25.9 Å². The van der Waals surface area contributed by atoms with Crippen LogP contribution in [0.15, 0.2) is 6.07 Å². The number of carbonyl (C=O) groups excluding carboxylic acids is 1. The molecule has 5 heteroatoms. The molecule has 1 aliphatic heterocycles. The van der Waals surface area contributed by atoms with E-state index in [9.17, 15) is 4.79 Å². The summed E-state index contributed by atoms with van der Waals surface area (Å²) in [6.07, 6.45) is 10.2. The molecule has 2 aliphatic rings. The molecule has 1 aliphatic carbocycles. The van der Waals surface area contributed by atoms with E-state index < -0.39 is 0 Å². The first kappa shape index (κ1) is 14.6. The quantitative estimate of drug-likeness (QED) is 0.894. The van der Waals surface area contributed by atoms with Crippen molar-refractivity contribution < 1.29 is 9.53 Å². The van der Waals surface area contributed by atoms with Gasteiger partial charge in [0.1, 0.15) is 0 Å². The number of hydrogen-bond acceptors (Lipinski definition) is 3. The molecule has 21 heavy (non-hydrogen) atoms. The third-order valence-electron chi connectivity index (χ3n) is 4.60. The van der Waals surface area contributed by atoms with Crippen molar-refractivity contribution in [1.29, 1.82) is 0 Å². The summed E-state index contributed by atoms with van der Waals surface area (Å²) in [5, 5.41) is 10.2. The summed E-state index contributed by atoms with van der Waals surface area (Å²) in [5.74, 6) is 1.23. The molecule has 0 radical (unpaired) electrons. The van der Waals surface area contributed by atoms with E-state index >= 15 is 0 Å². The van der Waals surface area contributed by atoms with Gasteiger partial charge in [-0.25, -0.2) is 0 Å². The van der Waals surface area contributed by atoms with Crippen LogP contribution < -0.4 is 5.32 Å². The Hall–Kier alpha value is -1.36. The molecule has 2 N–H and O–H groups in total. The van der Waals surface area contributed by atoms with E-state index in [0.29, 0.717) is 18.2 Å². The molecule has 116 valence electrons. The van der Waals surface area contributed by atoms with Gasteiger partial charge in [-0.05, 0) is 32.1 Å². The van der Waals surface area contributed by atoms with Crippen LogP contribution in [0, 0.1) is 0 Å². The van der Waals surface area contributed by atoms with Crippen LogP contribution in [0.2, 0.25) is 0 Å². The minimum atomic E-state index is 0.00333. The van der Waals surface area contributed by atoms with E-state index in [1.165, 1.54) is 37.8 Å². The smallest absolute Gasteiger partial charge is 0.228 e. The van der Waals surface area contributed by atoms with Gasteiger partial charge >= 0.3 is 0 Å². The van der Waals surface area contributed by atoms with Crippen molar-refractivity contribution in [3.05, 3.63) is 11.8 Å². The van der Waals surface area contributed by atoms with Crippen LogP contribution in [-0.2, 0) is 9.53 Å². The average molecular weight is 291 g/mol. The minimum Gasteiger partial charge on any atom is -0.378 e. The molecule has 1 aromatic rings. The Morgan fingerprint density at radius 1 is 1.24 bits per heavy atom. The van der Waals surface area contributed by atoms with E-state index in [1.807, 2.05) is 6.07 Å². The minimum absolute atomic E-state index is 0.00333. The number of rotatable bonds is 4. The molecule has 2 fully saturated rings. The van der Waals surface area contributed by atoms with Crippen molar-refractivity contribution in [1.82, 2.24) is 10.2 Å². The van der Waals surface area contributed by atoms with Gasteiger partial charge < -0.3 is 10.1 Å². The van der Waals surface area contributed by atoms with Crippen LogP contribution in [0.1, 0.15) is 69.4 Å².